The zero-order chi connectivity index (χ0) is 18.5. The first-order chi connectivity index (χ1) is 12.6. The van der Waals surface area contributed by atoms with Gasteiger partial charge in [0, 0.05) is 49.7 Å². The number of rotatable bonds is 4. The summed E-state index contributed by atoms with van der Waals surface area (Å²) >= 11 is 0. The average Bonchev–Trinajstić information content (AvgIpc) is 2.68. The number of ether oxygens (including phenoxy) is 1. The molecule has 1 N–H and O–H groups in total. The third-order valence-corrected chi connectivity index (χ3v) is 4.31. The van der Waals surface area contributed by atoms with Gasteiger partial charge in [0.15, 0.2) is 0 Å². The van der Waals surface area contributed by atoms with Gasteiger partial charge < -0.3 is 19.9 Å². The number of nitrogens with one attached hydrogen (secondary N) is 1. The highest BCUT2D eigenvalue weighted by Gasteiger charge is 2.21. The minimum atomic E-state index is -0.483. The third kappa shape index (κ3) is 4.02. The van der Waals surface area contributed by atoms with Crippen molar-refractivity contribution in [2.24, 2.45) is 0 Å². The SMILES string of the molecule is COc1ccc(N2CCN(C(=O)Nc3cccc([N+](=O)[O-])c3)CC2)cc1. The van der Waals surface area contributed by atoms with Gasteiger partial charge >= 0.3 is 6.03 Å². The number of carbonyl (C=O) groups excluding carboxylic acids is 1. The summed E-state index contributed by atoms with van der Waals surface area (Å²) in [6.45, 7) is 2.59. The number of urea groups is 1. The molecular weight excluding hydrogens is 336 g/mol. The second-order valence-electron chi connectivity index (χ2n) is 5.91. The summed E-state index contributed by atoms with van der Waals surface area (Å²) in [5.41, 5.74) is 1.46. The number of amides is 2. The Morgan fingerprint density at radius 3 is 2.42 bits per heavy atom. The molecule has 1 aliphatic rings. The summed E-state index contributed by atoms with van der Waals surface area (Å²) in [6, 6.07) is 13.5. The van der Waals surface area contributed by atoms with E-state index >= 15 is 0 Å². The standard InChI is InChI=1S/C18H20N4O4/c1-26-17-7-5-15(6-8-17)20-9-11-21(12-10-20)18(23)19-14-3-2-4-16(13-14)22(24)25/h2-8,13H,9-12H2,1H3,(H,19,23). The summed E-state index contributed by atoms with van der Waals surface area (Å²) in [4.78, 5) is 26.6. The highest BCUT2D eigenvalue weighted by atomic mass is 16.6. The predicted octanol–water partition coefficient (Wildman–Crippen LogP) is 2.96. The van der Waals surface area contributed by atoms with Crippen LogP contribution >= 0.6 is 0 Å². The largest absolute Gasteiger partial charge is 0.497 e. The lowest BCUT2D eigenvalue weighted by Gasteiger charge is -2.36. The molecule has 1 saturated heterocycles. The molecule has 0 radical (unpaired) electrons. The van der Waals surface area contributed by atoms with Crippen molar-refractivity contribution in [1.82, 2.24) is 4.90 Å². The molecule has 8 heteroatoms. The molecule has 0 atom stereocenters. The Morgan fingerprint density at radius 2 is 1.81 bits per heavy atom. The maximum absolute atomic E-state index is 12.4. The van der Waals surface area contributed by atoms with E-state index in [9.17, 15) is 14.9 Å². The van der Waals surface area contributed by atoms with Crippen molar-refractivity contribution in [2.75, 3.05) is 43.5 Å². The molecule has 3 rings (SSSR count). The molecule has 1 aliphatic heterocycles. The first-order valence-electron chi connectivity index (χ1n) is 8.26. The Bertz CT molecular complexity index is 786. The van der Waals surface area contributed by atoms with E-state index in [4.69, 9.17) is 4.74 Å². The maximum Gasteiger partial charge on any atom is 0.321 e. The number of methoxy groups -OCH3 is 1. The first kappa shape index (κ1) is 17.5. The molecule has 0 aromatic heterocycles. The van der Waals surface area contributed by atoms with E-state index in [1.807, 2.05) is 24.3 Å². The van der Waals surface area contributed by atoms with E-state index in [0.717, 1.165) is 11.4 Å². The topological polar surface area (TPSA) is 88.0 Å². The Hall–Kier alpha value is -3.29. The summed E-state index contributed by atoms with van der Waals surface area (Å²) in [5, 5.41) is 13.5. The normalized spacial score (nSPS) is 14.0. The fraction of sp³-hybridized carbons (Fsp3) is 0.278. The average molecular weight is 356 g/mol. The van der Waals surface area contributed by atoms with Crippen LogP contribution in [0.1, 0.15) is 0 Å². The number of nitro benzene ring substituents is 1. The van der Waals surface area contributed by atoms with Gasteiger partial charge in [0.25, 0.3) is 5.69 Å². The Morgan fingerprint density at radius 1 is 1.12 bits per heavy atom. The van der Waals surface area contributed by atoms with Gasteiger partial charge in [-0.15, -0.1) is 0 Å². The molecule has 0 unspecified atom stereocenters. The lowest BCUT2D eigenvalue weighted by Crippen LogP contribution is -2.50. The molecule has 0 spiro atoms. The van der Waals surface area contributed by atoms with Crippen LogP contribution in [0.25, 0.3) is 0 Å². The van der Waals surface area contributed by atoms with Gasteiger partial charge in [-0.2, -0.15) is 0 Å². The molecular formula is C18H20N4O4. The van der Waals surface area contributed by atoms with E-state index in [2.05, 4.69) is 10.2 Å². The molecule has 1 fully saturated rings. The molecule has 0 saturated carbocycles. The number of carbonyl (C=O) groups is 1. The van der Waals surface area contributed by atoms with Crippen LogP contribution in [0.15, 0.2) is 48.5 Å². The first-order valence-corrected chi connectivity index (χ1v) is 8.26. The Balaban J connectivity index is 1.56. The number of anilines is 2. The summed E-state index contributed by atoms with van der Waals surface area (Å²) in [5.74, 6) is 0.809. The van der Waals surface area contributed by atoms with E-state index in [1.165, 1.54) is 12.1 Å². The van der Waals surface area contributed by atoms with Gasteiger partial charge in [-0.25, -0.2) is 4.79 Å². The minimum absolute atomic E-state index is 0.0490. The number of nitro groups is 1. The van der Waals surface area contributed by atoms with Crippen LogP contribution in [-0.2, 0) is 0 Å². The maximum atomic E-state index is 12.4. The monoisotopic (exact) mass is 356 g/mol. The number of hydrogen-bond donors (Lipinski definition) is 1. The van der Waals surface area contributed by atoms with E-state index in [1.54, 1.807) is 24.1 Å². The quantitative estimate of drug-likeness (QED) is 0.672. The van der Waals surface area contributed by atoms with Crippen LogP contribution in [0.4, 0.5) is 21.9 Å². The number of hydrogen-bond acceptors (Lipinski definition) is 5. The van der Waals surface area contributed by atoms with Gasteiger partial charge in [-0.3, -0.25) is 10.1 Å². The van der Waals surface area contributed by atoms with E-state index in [-0.39, 0.29) is 11.7 Å². The van der Waals surface area contributed by atoms with Crippen molar-refractivity contribution in [3.63, 3.8) is 0 Å². The van der Waals surface area contributed by atoms with Crippen LogP contribution < -0.4 is 15.0 Å². The molecule has 0 bridgehead atoms. The highest BCUT2D eigenvalue weighted by Crippen LogP contribution is 2.21. The van der Waals surface area contributed by atoms with Crippen LogP contribution in [0, 0.1) is 10.1 Å². The third-order valence-electron chi connectivity index (χ3n) is 4.31. The molecule has 1 heterocycles. The molecule has 2 amide bonds. The van der Waals surface area contributed by atoms with E-state index in [0.29, 0.717) is 31.9 Å². The molecule has 26 heavy (non-hydrogen) atoms. The molecule has 136 valence electrons. The van der Waals surface area contributed by atoms with Crippen molar-refractivity contribution >= 4 is 23.1 Å². The van der Waals surface area contributed by atoms with Crippen molar-refractivity contribution in [3.05, 3.63) is 58.6 Å². The van der Waals surface area contributed by atoms with Gasteiger partial charge in [-0.1, -0.05) is 6.07 Å². The second kappa shape index (κ2) is 7.73. The smallest absolute Gasteiger partial charge is 0.321 e. The summed E-state index contributed by atoms with van der Waals surface area (Å²) < 4.78 is 5.16. The van der Waals surface area contributed by atoms with Crippen molar-refractivity contribution in [1.29, 1.82) is 0 Å². The molecule has 2 aromatic rings. The summed E-state index contributed by atoms with van der Waals surface area (Å²) in [6.07, 6.45) is 0. The van der Waals surface area contributed by atoms with Crippen LogP contribution in [0.2, 0.25) is 0 Å². The molecule has 0 aliphatic carbocycles. The zero-order valence-corrected chi connectivity index (χ0v) is 14.4. The fourth-order valence-electron chi connectivity index (χ4n) is 2.86. The Labute approximate surface area is 151 Å². The number of non-ortho nitro benzene ring substituents is 1. The van der Waals surface area contributed by atoms with E-state index < -0.39 is 4.92 Å². The van der Waals surface area contributed by atoms with Crippen molar-refractivity contribution in [2.45, 2.75) is 0 Å². The number of nitrogens with zero attached hydrogens (tertiary/aromatic N) is 3. The number of piperazine rings is 1. The minimum Gasteiger partial charge on any atom is -0.497 e. The van der Waals surface area contributed by atoms with Crippen molar-refractivity contribution < 1.29 is 14.5 Å². The Kier molecular flexibility index (Phi) is 5.21. The lowest BCUT2D eigenvalue weighted by atomic mass is 10.2. The van der Waals surface area contributed by atoms with Crippen LogP contribution in [0.5, 0.6) is 5.75 Å². The second-order valence-corrected chi connectivity index (χ2v) is 5.91. The zero-order valence-electron chi connectivity index (χ0n) is 14.4. The van der Waals surface area contributed by atoms with Crippen LogP contribution in [-0.4, -0.2) is 49.1 Å². The van der Waals surface area contributed by atoms with Crippen molar-refractivity contribution in [3.8, 4) is 5.75 Å². The van der Waals surface area contributed by atoms with Gasteiger partial charge in [0.05, 0.1) is 12.0 Å². The van der Waals surface area contributed by atoms with Gasteiger partial charge in [0.2, 0.25) is 0 Å². The fourth-order valence-corrected chi connectivity index (χ4v) is 2.86. The predicted molar refractivity (Wildman–Crippen MR) is 98.9 cm³/mol. The molecule has 8 nitrogen and oxygen atoms in total. The summed E-state index contributed by atoms with van der Waals surface area (Å²) in [7, 11) is 1.63. The van der Waals surface area contributed by atoms with Gasteiger partial charge in [-0.05, 0) is 30.3 Å². The number of benzene rings is 2. The van der Waals surface area contributed by atoms with Crippen LogP contribution in [0.3, 0.4) is 0 Å². The highest BCUT2D eigenvalue weighted by molar-refractivity contribution is 5.89. The lowest BCUT2D eigenvalue weighted by molar-refractivity contribution is -0.384. The van der Waals surface area contributed by atoms with Gasteiger partial charge in [0.1, 0.15) is 5.75 Å². The molecule has 2 aromatic carbocycles.